The van der Waals surface area contributed by atoms with Gasteiger partial charge in [-0.05, 0) is 12.8 Å². The van der Waals surface area contributed by atoms with Gasteiger partial charge in [0.05, 0.1) is 40.3 Å². The smallest absolute Gasteiger partial charge is 0.306 e. The number of hydrogen-bond acceptors (Lipinski definition) is 8. The number of carbonyl (C=O) groups is 3. The van der Waals surface area contributed by atoms with Crippen molar-refractivity contribution >= 4 is 17.9 Å². The molecule has 0 heterocycles. The number of quaternary nitrogens is 1. The summed E-state index contributed by atoms with van der Waals surface area (Å²) < 4.78 is 22.9. The fourth-order valence-electron chi connectivity index (χ4n) is 13.1. The van der Waals surface area contributed by atoms with Gasteiger partial charge in [-0.25, -0.2) is 0 Å². The van der Waals surface area contributed by atoms with Gasteiger partial charge in [-0.2, -0.15) is 0 Å². The van der Waals surface area contributed by atoms with Crippen LogP contribution in [-0.2, 0) is 33.3 Å². The SMILES string of the molecule is CCCCCCCCCCCCCCCCCCCCCCCCCCCCCCCCCCCCCCC(=O)OC(COC(=O)CCCCCCCCCCCCCCCCCCCCCCCCCCCCCCCC)COC(OCC[N+](C)(C)C)C(=O)[O-]. The molecule has 9 heteroatoms. The Morgan fingerprint density at radius 2 is 0.495 bits per heavy atom. The van der Waals surface area contributed by atoms with E-state index in [0.29, 0.717) is 17.4 Å². The lowest BCUT2D eigenvalue weighted by Crippen LogP contribution is -2.44. The van der Waals surface area contributed by atoms with Crippen LogP contribution in [0.15, 0.2) is 0 Å². The molecule has 0 aromatic heterocycles. The normalized spacial score (nSPS) is 12.5. The minimum atomic E-state index is -1.62. The van der Waals surface area contributed by atoms with Crippen molar-refractivity contribution in [3.8, 4) is 0 Å². The van der Waals surface area contributed by atoms with Gasteiger partial charge in [-0.1, -0.05) is 425 Å². The Hall–Kier alpha value is -1.71. The molecule has 2 unspecified atom stereocenters. The molecule has 0 aliphatic heterocycles. The summed E-state index contributed by atoms with van der Waals surface area (Å²) in [5, 5.41) is 11.9. The summed E-state index contributed by atoms with van der Waals surface area (Å²) in [6.07, 6.45) is 88.2. The first-order valence-electron chi connectivity index (χ1n) is 41.2. The number of unbranched alkanes of at least 4 members (excludes halogenated alkanes) is 64. The molecule has 0 aliphatic rings. The van der Waals surface area contributed by atoms with E-state index in [9.17, 15) is 19.5 Å². The molecular formula is C82H161NO8. The van der Waals surface area contributed by atoms with Crippen molar-refractivity contribution in [3.63, 3.8) is 0 Å². The third-order valence-electron chi connectivity index (χ3n) is 19.4. The number of rotatable bonds is 79. The zero-order valence-electron chi connectivity index (χ0n) is 62.3. The van der Waals surface area contributed by atoms with E-state index >= 15 is 0 Å². The summed E-state index contributed by atoms with van der Waals surface area (Å²) in [5.74, 6) is -2.24. The molecule has 0 amide bonds. The van der Waals surface area contributed by atoms with Crippen LogP contribution in [0.1, 0.15) is 450 Å². The Balaban J connectivity index is 3.93. The van der Waals surface area contributed by atoms with Crippen molar-refractivity contribution in [1.82, 2.24) is 0 Å². The van der Waals surface area contributed by atoms with Gasteiger partial charge < -0.3 is 33.3 Å². The van der Waals surface area contributed by atoms with Crippen molar-refractivity contribution in [2.75, 3.05) is 47.5 Å². The number of nitrogens with zero attached hydrogens (tertiary/aromatic N) is 1. The van der Waals surface area contributed by atoms with Crippen LogP contribution >= 0.6 is 0 Å². The second-order valence-electron chi connectivity index (χ2n) is 29.8. The second kappa shape index (κ2) is 74.1. The zero-order chi connectivity index (χ0) is 66.1. The summed E-state index contributed by atoms with van der Waals surface area (Å²) in [4.78, 5) is 37.6. The Morgan fingerprint density at radius 1 is 0.286 bits per heavy atom. The number of aliphatic carboxylic acids is 1. The molecule has 91 heavy (non-hydrogen) atoms. The first-order chi connectivity index (χ1) is 44.6. The van der Waals surface area contributed by atoms with E-state index in [1.165, 1.54) is 385 Å². The molecule has 0 fully saturated rings. The molecule has 0 N–H and O–H groups in total. The van der Waals surface area contributed by atoms with Crippen LogP contribution in [0.5, 0.6) is 0 Å². The molecule has 0 aliphatic carbocycles. The van der Waals surface area contributed by atoms with E-state index in [-0.39, 0.29) is 32.2 Å². The van der Waals surface area contributed by atoms with Crippen LogP contribution in [0.3, 0.4) is 0 Å². The van der Waals surface area contributed by atoms with Gasteiger partial charge >= 0.3 is 11.9 Å². The fourth-order valence-corrected chi connectivity index (χ4v) is 13.1. The molecule has 0 aromatic carbocycles. The largest absolute Gasteiger partial charge is 0.545 e. The number of carboxylic acid groups (broad SMARTS) is 1. The number of carbonyl (C=O) groups excluding carboxylic acids is 3. The summed E-state index contributed by atoms with van der Waals surface area (Å²) in [6.45, 7) is 4.86. The van der Waals surface area contributed by atoms with Crippen molar-refractivity contribution in [2.24, 2.45) is 0 Å². The van der Waals surface area contributed by atoms with E-state index in [1.807, 2.05) is 21.1 Å². The third kappa shape index (κ3) is 75.5. The van der Waals surface area contributed by atoms with Crippen LogP contribution in [0.25, 0.3) is 0 Å². The standard InChI is InChI=1S/C82H161NO8/c1-6-8-10-12-14-16-18-20-22-24-26-28-30-32-34-36-38-39-40-41-42-43-45-47-49-51-53-55-57-59-61-63-65-67-69-71-73-80(85)91-78(77-90-82(81(86)87)88-75-74-83(3,4)5)76-89-79(84)72-70-68-66-64-62-60-58-56-54-52-50-48-46-44-37-35-33-31-29-27-25-23-21-19-17-15-13-11-9-7-2/h78,82H,6-77H2,1-5H3. The lowest BCUT2D eigenvalue weighted by atomic mass is 10.0. The van der Waals surface area contributed by atoms with Gasteiger partial charge in [0.1, 0.15) is 13.2 Å². The highest BCUT2D eigenvalue weighted by atomic mass is 16.7. The lowest BCUT2D eigenvalue weighted by molar-refractivity contribution is -0.870. The Bertz CT molecular complexity index is 1450. The Morgan fingerprint density at radius 3 is 0.703 bits per heavy atom. The topological polar surface area (TPSA) is 111 Å². The number of esters is 2. The van der Waals surface area contributed by atoms with Crippen LogP contribution in [0, 0.1) is 0 Å². The van der Waals surface area contributed by atoms with Gasteiger partial charge in [0.25, 0.3) is 0 Å². The molecule has 0 spiro atoms. The number of likely N-dealkylation sites (N-methyl/N-ethyl adjacent to an activating group) is 1. The highest BCUT2D eigenvalue weighted by Gasteiger charge is 2.22. The minimum Gasteiger partial charge on any atom is -0.545 e. The first-order valence-corrected chi connectivity index (χ1v) is 41.2. The third-order valence-corrected chi connectivity index (χ3v) is 19.4. The number of ether oxygens (including phenoxy) is 4. The van der Waals surface area contributed by atoms with Crippen molar-refractivity contribution < 1.29 is 42.9 Å². The minimum absolute atomic E-state index is 0.154. The van der Waals surface area contributed by atoms with Crippen LogP contribution in [-0.4, -0.2) is 82.3 Å². The second-order valence-corrected chi connectivity index (χ2v) is 29.8. The molecule has 542 valence electrons. The predicted octanol–water partition coefficient (Wildman–Crippen LogP) is 24.8. The molecule has 9 nitrogen and oxygen atoms in total. The average molecular weight is 1290 g/mol. The molecule has 0 bridgehead atoms. The maximum Gasteiger partial charge on any atom is 0.306 e. The summed E-state index contributed by atoms with van der Waals surface area (Å²) in [6, 6.07) is 0. The maximum atomic E-state index is 13.0. The molecule has 0 aromatic rings. The fraction of sp³-hybridized carbons (Fsp3) is 0.963. The molecule has 2 atom stereocenters. The van der Waals surface area contributed by atoms with E-state index in [4.69, 9.17) is 18.9 Å². The van der Waals surface area contributed by atoms with Crippen LogP contribution < -0.4 is 5.11 Å². The predicted molar refractivity (Wildman–Crippen MR) is 390 cm³/mol. The molecule has 0 rings (SSSR count). The molecule has 0 radical (unpaired) electrons. The van der Waals surface area contributed by atoms with E-state index in [0.717, 1.165) is 38.5 Å². The van der Waals surface area contributed by atoms with Gasteiger partial charge in [0, 0.05) is 12.8 Å². The van der Waals surface area contributed by atoms with Crippen molar-refractivity contribution in [3.05, 3.63) is 0 Å². The van der Waals surface area contributed by atoms with Crippen LogP contribution in [0.2, 0.25) is 0 Å². The van der Waals surface area contributed by atoms with Crippen molar-refractivity contribution in [1.29, 1.82) is 0 Å². The Kier molecular flexibility index (Phi) is 72.7. The number of carboxylic acids is 1. The maximum absolute atomic E-state index is 13.0. The van der Waals surface area contributed by atoms with E-state index in [2.05, 4.69) is 13.8 Å². The highest BCUT2D eigenvalue weighted by Crippen LogP contribution is 2.21. The molecular weight excluding hydrogens is 1130 g/mol. The van der Waals surface area contributed by atoms with Gasteiger partial charge in [-0.15, -0.1) is 0 Å². The van der Waals surface area contributed by atoms with E-state index in [1.54, 1.807) is 0 Å². The number of hydrogen-bond donors (Lipinski definition) is 0. The van der Waals surface area contributed by atoms with Crippen molar-refractivity contribution in [2.45, 2.75) is 463 Å². The summed E-state index contributed by atoms with van der Waals surface area (Å²) in [5.41, 5.74) is 0. The van der Waals surface area contributed by atoms with Gasteiger partial charge in [0.2, 0.25) is 0 Å². The highest BCUT2D eigenvalue weighted by molar-refractivity contribution is 5.70. The quantitative estimate of drug-likeness (QED) is 0.0256. The van der Waals surface area contributed by atoms with Gasteiger partial charge in [-0.3, -0.25) is 9.59 Å². The van der Waals surface area contributed by atoms with Gasteiger partial charge in [0.15, 0.2) is 12.4 Å². The summed E-state index contributed by atoms with van der Waals surface area (Å²) in [7, 11) is 5.96. The van der Waals surface area contributed by atoms with E-state index < -0.39 is 24.3 Å². The first kappa shape index (κ1) is 89.3. The average Bonchev–Trinajstić information content (AvgIpc) is 3.69. The summed E-state index contributed by atoms with van der Waals surface area (Å²) >= 11 is 0. The zero-order valence-corrected chi connectivity index (χ0v) is 62.3. The van der Waals surface area contributed by atoms with Crippen LogP contribution in [0.4, 0.5) is 0 Å². The Labute approximate surface area is 568 Å². The molecule has 0 saturated heterocycles. The lowest BCUT2D eigenvalue weighted by Gasteiger charge is -2.26. The molecule has 0 saturated carbocycles. The monoisotopic (exact) mass is 1290 g/mol.